The van der Waals surface area contributed by atoms with Crippen molar-refractivity contribution in [3.05, 3.63) is 71.8 Å². The molecule has 8 nitrogen and oxygen atoms in total. The molecule has 2 aromatic rings. The third-order valence-corrected chi connectivity index (χ3v) is 7.02. The first-order valence-electron chi connectivity index (χ1n) is 12.4. The van der Waals surface area contributed by atoms with Crippen molar-refractivity contribution in [2.45, 2.75) is 44.4 Å². The van der Waals surface area contributed by atoms with Gasteiger partial charge >= 0.3 is 6.09 Å². The Morgan fingerprint density at radius 1 is 0.914 bits per heavy atom. The molecular weight excluding hydrogens is 444 g/mol. The molecule has 1 heterocycles. The van der Waals surface area contributed by atoms with Crippen molar-refractivity contribution in [1.82, 2.24) is 15.1 Å². The Kier molecular flexibility index (Phi) is 8.36. The van der Waals surface area contributed by atoms with Gasteiger partial charge in [-0.3, -0.25) is 14.5 Å². The highest BCUT2D eigenvalue weighted by Crippen LogP contribution is 2.30. The molecule has 0 spiro atoms. The van der Waals surface area contributed by atoms with Gasteiger partial charge in [-0.1, -0.05) is 73.5 Å². The summed E-state index contributed by atoms with van der Waals surface area (Å²) in [6.07, 6.45) is 3.43. The van der Waals surface area contributed by atoms with Gasteiger partial charge in [0.2, 0.25) is 11.8 Å². The molecule has 1 aliphatic carbocycles. The van der Waals surface area contributed by atoms with Crippen LogP contribution in [0.15, 0.2) is 60.7 Å². The van der Waals surface area contributed by atoms with E-state index in [0.29, 0.717) is 31.7 Å². The van der Waals surface area contributed by atoms with Gasteiger partial charge in [-0.15, -0.1) is 0 Å². The smallest absolute Gasteiger partial charge is 0.410 e. The van der Waals surface area contributed by atoms with Crippen molar-refractivity contribution in [3.63, 3.8) is 0 Å². The summed E-state index contributed by atoms with van der Waals surface area (Å²) in [4.78, 5) is 42.0. The first-order valence-corrected chi connectivity index (χ1v) is 12.4. The maximum absolute atomic E-state index is 13.3. The van der Waals surface area contributed by atoms with Gasteiger partial charge in [0, 0.05) is 32.2 Å². The Labute approximate surface area is 206 Å². The number of hydrogen-bond donors (Lipinski definition) is 2. The second-order valence-electron chi connectivity index (χ2n) is 9.28. The summed E-state index contributed by atoms with van der Waals surface area (Å²) in [5.74, 6) is -0.919. The van der Waals surface area contributed by atoms with Gasteiger partial charge in [0.05, 0.1) is 5.92 Å². The molecule has 3 N–H and O–H groups in total. The van der Waals surface area contributed by atoms with Crippen LogP contribution in [-0.4, -0.2) is 59.9 Å². The summed E-state index contributed by atoms with van der Waals surface area (Å²) in [7, 11) is 0. The van der Waals surface area contributed by atoms with E-state index in [1.807, 2.05) is 48.5 Å². The van der Waals surface area contributed by atoms with Gasteiger partial charge in [-0.05, 0) is 24.0 Å². The molecule has 1 unspecified atom stereocenters. The first kappa shape index (κ1) is 24.7. The number of carbonyl (C=O) groups excluding carboxylic acids is 3. The highest BCUT2D eigenvalue weighted by atomic mass is 16.6. The van der Waals surface area contributed by atoms with Gasteiger partial charge in [-0.2, -0.15) is 0 Å². The minimum Gasteiger partial charge on any atom is -0.445 e. The molecule has 1 saturated heterocycles. The summed E-state index contributed by atoms with van der Waals surface area (Å²) in [5, 5.41) is 2.91. The Hall–Kier alpha value is -3.39. The molecule has 8 heteroatoms. The molecule has 2 fully saturated rings. The lowest BCUT2D eigenvalue weighted by molar-refractivity contribution is -0.133. The summed E-state index contributed by atoms with van der Waals surface area (Å²) < 4.78 is 5.48. The van der Waals surface area contributed by atoms with Gasteiger partial charge in [0.15, 0.2) is 0 Å². The second-order valence-corrected chi connectivity index (χ2v) is 9.28. The predicted molar refractivity (Wildman–Crippen MR) is 132 cm³/mol. The van der Waals surface area contributed by atoms with Crippen LogP contribution in [0.2, 0.25) is 0 Å². The minimum absolute atomic E-state index is 0.0792. The summed E-state index contributed by atoms with van der Waals surface area (Å²) in [5.41, 5.74) is 7.26. The number of ether oxygens (including phenoxy) is 1. The molecule has 0 bridgehead atoms. The quantitative estimate of drug-likeness (QED) is 0.637. The van der Waals surface area contributed by atoms with Crippen LogP contribution in [0.5, 0.6) is 0 Å². The number of nitrogens with two attached hydrogens (primary N) is 1. The number of benzene rings is 2. The molecule has 35 heavy (non-hydrogen) atoms. The Morgan fingerprint density at radius 2 is 1.54 bits per heavy atom. The maximum atomic E-state index is 13.3. The van der Waals surface area contributed by atoms with Crippen LogP contribution in [0, 0.1) is 5.92 Å². The lowest BCUT2D eigenvalue weighted by atomic mass is 9.82. The zero-order valence-corrected chi connectivity index (χ0v) is 20.0. The van der Waals surface area contributed by atoms with E-state index < -0.39 is 11.9 Å². The number of piperazine rings is 1. The van der Waals surface area contributed by atoms with Gasteiger partial charge < -0.3 is 20.7 Å². The number of amides is 3. The molecule has 3 atom stereocenters. The summed E-state index contributed by atoms with van der Waals surface area (Å²) in [6, 6.07) is 18.0. The van der Waals surface area contributed by atoms with Crippen molar-refractivity contribution in [3.8, 4) is 0 Å². The normalized spacial score (nSPS) is 21.7. The van der Waals surface area contributed by atoms with Crippen LogP contribution in [0.25, 0.3) is 0 Å². The monoisotopic (exact) mass is 478 g/mol. The van der Waals surface area contributed by atoms with E-state index in [4.69, 9.17) is 10.5 Å². The molecule has 2 aliphatic rings. The lowest BCUT2D eigenvalue weighted by Gasteiger charge is -2.43. The van der Waals surface area contributed by atoms with Crippen molar-refractivity contribution < 1.29 is 19.1 Å². The highest BCUT2D eigenvalue weighted by molar-refractivity contribution is 5.88. The molecule has 1 aliphatic heterocycles. The van der Waals surface area contributed by atoms with E-state index in [9.17, 15) is 14.4 Å². The zero-order chi connectivity index (χ0) is 24.6. The van der Waals surface area contributed by atoms with E-state index >= 15 is 0 Å². The van der Waals surface area contributed by atoms with Crippen molar-refractivity contribution >= 4 is 17.9 Å². The molecule has 3 amide bonds. The number of rotatable bonds is 7. The number of primary amides is 1. The van der Waals surface area contributed by atoms with Crippen LogP contribution < -0.4 is 11.1 Å². The summed E-state index contributed by atoms with van der Waals surface area (Å²) >= 11 is 0. The van der Waals surface area contributed by atoms with Crippen LogP contribution in [0.4, 0.5) is 4.79 Å². The molecule has 2 aromatic carbocycles. The van der Waals surface area contributed by atoms with Crippen molar-refractivity contribution in [2.24, 2.45) is 11.7 Å². The molecule has 0 aromatic heterocycles. The van der Waals surface area contributed by atoms with E-state index in [1.165, 1.54) is 0 Å². The number of nitrogens with zero attached hydrogens (tertiary/aromatic N) is 2. The van der Waals surface area contributed by atoms with Gasteiger partial charge in [0.25, 0.3) is 0 Å². The highest BCUT2D eigenvalue weighted by Gasteiger charge is 2.38. The number of hydrogen-bond acceptors (Lipinski definition) is 5. The van der Waals surface area contributed by atoms with E-state index in [0.717, 1.165) is 31.2 Å². The van der Waals surface area contributed by atoms with Crippen LogP contribution >= 0.6 is 0 Å². The second kappa shape index (κ2) is 11.8. The SMILES string of the molecule is NC(=O)[C@@H](NC(=O)[C@@H]1CCCCC1N1CCN(C(=O)OCc2ccccc2)CC1)c1ccccc1. The lowest BCUT2D eigenvalue weighted by Crippen LogP contribution is -2.56. The van der Waals surface area contributed by atoms with Gasteiger partial charge in [0.1, 0.15) is 12.6 Å². The fourth-order valence-corrected chi connectivity index (χ4v) is 5.11. The van der Waals surface area contributed by atoms with Crippen LogP contribution in [0.1, 0.15) is 42.9 Å². The van der Waals surface area contributed by atoms with Gasteiger partial charge in [-0.25, -0.2) is 4.79 Å². The average molecular weight is 479 g/mol. The van der Waals surface area contributed by atoms with E-state index in [2.05, 4.69) is 10.2 Å². The topological polar surface area (TPSA) is 105 Å². The van der Waals surface area contributed by atoms with Crippen LogP contribution in [-0.2, 0) is 20.9 Å². The number of carbonyl (C=O) groups is 3. The first-order chi connectivity index (χ1) is 17.0. The summed E-state index contributed by atoms with van der Waals surface area (Å²) in [6.45, 7) is 2.76. The van der Waals surface area contributed by atoms with Crippen LogP contribution in [0.3, 0.4) is 0 Å². The maximum Gasteiger partial charge on any atom is 0.410 e. The third-order valence-electron chi connectivity index (χ3n) is 7.02. The van der Waals surface area contributed by atoms with Crippen molar-refractivity contribution in [2.75, 3.05) is 26.2 Å². The predicted octanol–water partition coefficient (Wildman–Crippen LogP) is 2.84. The van der Waals surface area contributed by atoms with E-state index in [-0.39, 0.29) is 30.6 Å². The molecule has 0 radical (unpaired) electrons. The third kappa shape index (κ3) is 6.39. The Morgan fingerprint density at radius 3 is 2.20 bits per heavy atom. The molecular formula is C27H34N4O4. The molecule has 186 valence electrons. The Balaban J connectivity index is 1.32. The zero-order valence-electron chi connectivity index (χ0n) is 20.0. The Bertz CT molecular complexity index is 993. The largest absolute Gasteiger partial charge is 0.445 e. The molecule has 1 saturated carbocycles. The van der Waals surface area contributed by atoms with E-state index in [1.54, 1.807) is 17.0 Å². The number of nitrogens with one attached hydrogen (secondary N) is 1. The fourth-order valence-electron chi connectivity index (χ4n) is 5.11. The molecule has 4 rings (SSSR count). The standard InChI is InChI=1S/C27H34N4O4/c28-25(32)24(21-11-5-2-6-12-21)29-26(33)22-13-7-8-14-23(22)30-15-17-31(18-16-30)27(34)35-19-20-9-3-1-4-10-20/h1-6,9-12,22-24H,7-8,13-19H2,(H2,28,32)(H,29,33)/t22-,23?,24+/m1/s1. The minimum atomic E-state index is -0.845. The van der Waals surface area contributed by atoms with Crippen molar-refractivity contribution in [1.29, 1.82) is 0 Å². The average Bonchev–Trinajstić information content (AvgIpc) is 2.91. The fraction of sp³-hybridized carbons (Fsp3) is 0.444.